The standard InChI is InChI=1S/C26H32O5/c1-15-12-18-19(23(3)9-6-17(28)13-21(15)23)7-10-24(4)20(18)8-11-26(24)22(29)14-30-25(5,31-26)16(2)27/h6-7,9,13,15,18,20H,8,10-12,14H2,1-5H3. The zero-order valence-electron chi connectivity index (χ0n) is 19.1. The molecule has 0 N–H and O–H groups in total. The molecule has 5 aliphatic rings. The van der Waals surface area contributed by atoms with Crippen LogP contribution in [0.1, 0.15) is 60.3 Å². The molecule has 166 valence electrons. The molecule has 5 rings (SSSR count). The van der Waals surface area contributed by atoms with Crippen molar-refractivity contribution in [2.24, 2.45) is 28.6 Å². The van der Waals surface area contributed by atoms with Crippen molar-refractivity contribution in [3.63, 3.8) is 0 Å². The van der Waals surface area contributed by atoms with Crippen LogP contribution >= 0.6 is 0 Å². The summed E-state index contributed by atoms with van der Waals surface area (Å²) >= 11 is 0. The lowest BCUT2D eigenvalue weighted by Gasteiger charge is -2.57. The molecule has 7 atom stereocenters. The van der Waals surface area contributed by atoms with E-state index in [0.717, 1.165) is 19.3 Å². The molecule has 5 nitrogen and oxygen atoms in total. The van der Waals surface area contributed by atoms with Crippen molar-refractivity contribution in [3.05, 3.63) is 35.5 Å². The molecule has 7 unspecified atom stereocenters. The highest BCUT2D eigenvalue weighted by molar-refractivity contribution is 6.01. The largest absolute Gasteiger partial charge is 0.336 e. The lowest BCUT2D eigenvalue weighted by Crippen LogP contribution is -2.65. The second-order valence-electron chi connectivity index (χ2n) is 10.9. The Balaban J connectivity index is 1.59. The first-order valence-corrected chi connectivity index (χ1v) is 11.5. The summed E-state index contributed by atoms with van der Waals surface area (Å²) in [5, 5.41) is 0. The SMILES string of the molecule is CC(=O)C1(C)OCC(=O)C2(CCC3C4CC(C)C5=CC(=O)C=CC5(C)C4=CCC32C)O1. The fourth-order valence-electron chi connectivity index (χ4n) is 7.46. The number of carbonyl (C=O) groups excluding carboxylic acids is 3. The van der Waals surface area contributed by atoms with Gasteiger partial charge in [0.15, 0.2) is 17.3 Å². The van der Waals surface area contributed by atoms with Crippen LogP contribution in [0.15, 0.2) is 35.5 Å². The van der Waals surface area contributed by atoms with Crippen LogP contribution in [-0.4, -0.2) is 35.3 Å². The lowest BCUT2D eigenvalue weighted by atomic mass is 9.49. The van der Waals surface area contributed by atoms with Crippen LogP contribution < -0.4 is 0 Å². The second kappa shape index (κ2) is 6.35. The van der Waals surface area contributed by atoms with E-state index < -0.39 is 11.4 Å². The Morgan fingerprint density at radius 2 is 1.90 bits per heavy atom. The molecule has 0 aromatic rings. The highest BCUT2D eigenvalue weighted by Crippen LogP contribution is 2.67. The molecule has 0 radical (unpaired) electrons. The van der Waals surface area contributed by atoms with E-state index in [1.54, 1.807) is 13.0 Å². The first kappa shape index (κ1) is 21.0. The van der Waals surface area contributed by atoms with Crippen LogP contribution in [0.2, 0.25) is 0 Å². The van der Waals surface area contributed by atoms with E-state index in [0.29, 0.717) is 18.3 Å². The minimum Gasteiger partial charge on any atom is -0.336 e. The summed E-state index contributed by atoms with van der Waals surface area (Å²) in [6.45, 7) is 9.66. The zero-order chi connectivity index (χ0) is 22.4. The summed E-state index contributed by atoms with van der Waals surface area (Å²) in [5.74, 6) is -0.619. The van der Waals surface area contributed by atoms with Gasteiger partial charge in [0.05, 0.1) is 0 Å². The van der Waals surface area contributed by atoms with Crippen LogP contribution in [0.4, 0.5) is 0 Å². The number of hydrogen-bond acceptors (Lipinski definition) is 5. The molecular weight excluding hydrogens is 392 g/mol. The third-order valence-corrected chi connectivity index (χ3v) is 9.33. The van der Waals surface area contributed by atoms with E-state index >= 15 is 0 Å². The van der Waals surface area contributed by atoms with Crippen LogP contribution in [0.5, 0.6) is 0 Å². The van der Waals surface area contributed by atoms with Crippen LogP contribution in [-0.2, 0) is 23.9 Å². The number of fused-ring (bicyclic) bond motifs is 6. The van der Waals surface area contributed by atoms with Gasteiger partial charge in [-0.25, -0.2) is 0 Å². The molecule has 0 aromatic carbocycles. The van der Waals surface area contributed by atoms with Crippen molar-refractivity contribution in [3.8, 4) is 0 Å². The topological polar surface area (TPSA) is 69.7 Å². The van der Waals surface area contributed by atoms with Gasteiger partial charge in [-0.1, -0.05) is 31.6 Å². The molecule has 4 aliphatic carbocycles. The van der Waals surface area contributed by atoms with Gasteiger partial charge < -0.3 is 9.47 Å². The van der Waals surface area contributed by atoms with Gasteiger partial charge in [-0.05, 0) is 75.0 Å². The maximum absolute atomic E-state index is 13.3. The fraction of sp³-hybridized carbons (Fsp3) is 0.654. The molecule has 1 heterocycles. The molecule has 0 amide bonds. The molecule has 5 heteroatoms. The summed E-state index contributed by atoms with van der Waals surface area (Å²) < 4.78 is 12.0. The Morgan fingerprint density at radius 3 is 2.61 bits per heavy atom. The molecule has 1 spiro atoms. The normalized spacial score (nSPS) is 48.6. The van der Waals surface area contributed by atoms with Crippen LogP contribution in [0.3, 0.4) is 0 Å². The molecule has 31 heavy (non-hydrogen) atoms. The minimum absolute atomic E-state index is 0.0353. The van der Waals surface area contributed by atoms with Gasteiger partial charge in [0.1, 0.15) is 12.2 Å². The first-order valence-electron chi connectivity index (χ1n) is 11.5. The Kier molecular flexibility index (Phi) is 4.31. The van der Waals surface area contributed by atoms with E-state index in [-0.39, 0.29) is 40.7 Å². The van der Waals surface area contributed by atoms with Crippen LogP contribution in [0.25, 0.3) is 0 Å². The molecule has 2 saturated carbocycles. The molecular formula is C26H32O5. The van der Waals surface area contributed by atoms with E-state index in [2.05, 4.69) is 32.9 Å². The van der Waals surface area contributed by atoms with Crippen molar-refractivity contribution < 1.29 is 23.9 Å². The van der Waals surface area contributed by atoms with E-state index in [4.69, 9.17) is 9.47 Å². The average Bonchev–Trinajstić information content (AvgIpc) is 3.00. The second-order valence-corrected chi connectivity index (χ2v) is 10.9. The van der Waals surface area contributed by atoms with E-state index in [1.807, 2.05) is 6.08 Å². The van der Waals surface area contributed by atoms with Gasteiger partial charge in [0.2, 0.25) is 5.79 Å². The van der Waals surface area contributed by atoms with E-state index in [9.17, 15) is 14.4 Å². The van der Waals surface area contributed by atoms with Crippen molar-refractivity contribution in [1.29, 1.82) is 0 Å². The summed E-state index contributed by atoms with van der Waals surface area (Å²) in [7, 11) is 0. The molecule has 0 aromatic heterocycles. The predicted molar refractivity (Wildman–Crippen MR) is 115 cm³/mol. The quantitative estimate of drug-likeness (QED) is 0.592. The van der Waals surface area contributed by atoms with Crippen molar-refractivity contribution >= 4 is 17.3 Å². The van der Waals surface area contributed by atoms with Crippen molar-refractivity contribution in [2.45, 2.75) is 71.7 Å². The fourth-order valence-corrected chi connectivity index (χ4v) is 7.46. The van der Waals surface area contributed by atoms with Gasteiger partial charge in [-0.3, -0.25) is 14.4 Å². The molecule has 0 bridgehead atoms. The lowest BCUT2D eigenvalue weighted by molar-refractivity contribution is -0.301. The summed E-state index contributed by atoms with van der Waals surface area (Å²) in [4.78, 5) is 37.7. The smallest absolute Gasteiger partial charge is 0.227 e. The molecule has 3 fully saturated rings. The van der Waals surface area contributed by atoms with Gasteiger partial charge in [-0.2, -0.15) is 0 Å². The Morgan fingerprint density at radius 1 is 1.16 bits per heavy atom. The number of Topliss-reactive ketones (excluding diaryl/α,β-unsaturated/α-hetero) is 2. The average molecular weight is 425 g/mol. The number of carbonyl (C=O) groups is 3. The third kappa shape index (κ3) is 2.53. The Labute approximate surface area is 183 Å². The highest BCUT2D eigenvalue weighted by atomic mass is 16.7. The maximum Gasteiger partial charge on any atom is 0.227 e. The first-order chi connectivity index (χ1) is 14.5. The third-order valence-electron chi connectivity index (χ3n) is 9.33. The van der Waals surface area contributed by atoms with E-state index in [1.165, 1.54) is 18.1 Å². The van der Waals surface area contributed by atoms with Crippen molar-refractivity contribution in [2.75, 3.05) is 6.61 Å². The number of ether oxygens (including phenoxy) is 2. The van der Waals surface area contributed by atoms with Gasteiger partial charge in [0.25, 0.3) is 0 Å². The number of rotatable bonds is 1. The Hall–Kier alpha value is -1.85. The summed E-state index contributed by atoms with van der Waals surface area (Å²) in [5.41, 5.74) is 0.985. The predicted octanol–water partition coefficient (Wildman–Crippen LogP) is 4.12. The molecule has 1 saturated heterocycles. The van der Waals surface area contributed by atoms with Gasteiger partial charge in [0, 0.05) is 17.8 Å². The summed E-state index contributed by atoms with van der Waals surface area (Å²) in [6.07, 6.45) is 11.1. The highest BCUT2D eigenvalue weighted by Gasteiger charge is 2.69. The molecule has 1 aliphatic heterocycles. The summed E-state index contributed by atoms with van der Waals surface area (Å²) in [6, 6.07) is 0. The number of hydrogen-bond donors (Lipinski definition) is 0. The Bertz CT molecular complexity index is 988. The zero-order valence-corrected chi connectivity index (χ0v) is 19.1. The van der Waals surface area contributed by atoms with Gasteiger partial charge >= 0.3 is 0 Å². The van der Waals surface area contributed by atoms with Gasteiger partial charge in [-0.15, -0.1) is 0 Å². The van der Waals surface area contributed by atoms with Crippen molar-refractivity contribution in [1.82, 2.24) is 0 Å². The minimum atomic E-state index is -1.37. The van der Waals surface area contributed by atoms with Crippen LogP contribution in [0, 0.1) is 28.6 Å². The maximum atomic E-state index is 13.3. The monoisotopic (exact) mass is 424 g/mol. The number of ketones is 3. The number of allylic oxidation sites excluding steroid dienone is 6.